The molecule has 15 heavy (non-hydrogen) atoms. The first-order valence-electron chi connectivity index (χ1n) is 5.71. The van der Waals surface area contributed by atoms with Gasteiger partial charge in [0, 0.05) is 0 Å². The van der Waals surface area contributed by atoms with Crippen LogP contribution in [0.1, 0.15) is 51.9 Å². The summed E-state index contributed by atoms with van der Waals surface area (Å²) in [4.78, 5) is 0. The molecule has 1 rings (SSSR count). The molecule has 1 aliphatic rings. The first-order valence-corrected chi connectivity index (χ1v) is 7.21. The molecule has 0 aliphatic heterocycles. The lowest BCUT2D eigenvalue weighted by atomic mass is 10.1. The predicted octanol–water partition coefficient (Wildman–Crippen LogP) is 2.93. The van der Waals surface area contributed by atoms with Crippen LogP contribution in [-0.4, -0.2) is 18.2 Å². The molecular weight excluding hydrogens is 212 g/mol. The topological polar surface area (TPSA) is 54.4 Å². The van der Waals surface area contributed by atoms with Gasteiger partial charge < -0.3 is 0 Å². The zero-order valence-electron chi connectivity index (χ0n) is 9.28. The summed E-state index contributed by atoms with van der Waals surface area (Å²) >= 11 is 0. The molecule has 0 aromatic rings. The lowest BCUT2D eigenvalue weighted by Crippen LogP contribution is -2.22. The van der Waals surface area contributed by atoms with E-state index in [9.17, 15) is 8.42 Å². The quantitative estimate of drug-likeness (QED) is 0.435. The minimum absolute atomic E-state index is 0.568. The van der Waals surface area contributed by atoms with Gasteiger partial charge in [0.1, 0.15) is 5.25 Å². The van der Waals surface area contributed by atoms with Gasteiger partial charge in [-0.05, 0) is 25.7 Å². The highest BCUT2D eigenvalue weighted by Gasteiger charge is 2.27. The van der Waals surface area contributed by atoms with Crippen molar-refractivity contribution < 1.29 is 13.0 Å². The van der Waals surface area contributed by atoms with Crippen molar-refractivity contribution in [2.24, 2.45) is 0 Å². The average molecular weight is 232 g/mol. The Kier molecular flexibility index (Phi) is 4.80. The Morgan fingerprint density at radius 3 is 2.67 bits per heavy atom. The molecular formula is C11H20O3S. The van der Waals surface area contributed by atoms with Crippen LogP contribution in [0.15, 0.2) is 11.6 Å². The Balaban J connectivity index is 2.62. The van der Waals surface area contributed by atoms with E-state index in [1.54, 1.807) is 0 Å². The van der Waals surface area contributed by atoms with Gasteiger partial charge in [-0.1, -0.05) is 37.8 Å². The van der Waals surface area contributed by atoms with E-state index in [-0.39, 0.29) is 0 Å². The van der Waals surface area contributed by atoms with Gasteiger partial charge in [0.2, 0.25) is 0 Å². The molecule has 0 heterocycles. The van der Waals surface area contributed by atoms with E-state index in [0.717, 1.165) is 44.1 Å². The molecule has 1 atom stereocenters. The molecule has 1 unspecified atom stereocenters. The third-order valence-corrected chi connectivity index (χ3v) is 4.18. The summed E-state index contributed by atoms with van der Waals surface area (Å²) in [5, 5.41) is -0.633. The first-order chi connectivity index (χ1) is 7.05. The number of allylic oxidation sites excluding steroid dienone is 1. The van der Waals surface area contributed by atoms with Crippen molar-refractivity contribution in [3.63, 3.8) is 0 Å². The highest BCUT2D eigenvalue weighted by Crippen LogP contribution is 2.28. The summed E-state index contributed by atoms with van der Waals surface area (Å²) in [6, 6.07) is 0. The van der Waals surface area contributed by atoms with E-state index >= 15 is 0 Å². The third kappa shape index (κ3) is 3.95. The van der Waals surface area contributed by atoms with Gasteiger partial charge in [0.05, 0.1) is 0 Å². The SMILES string of the molecule is CCCCCC(C1=CCCC1)S(=O)(=O)O. The van der Waals surface area contributed by atoms with Gasteiger partial charge in [-0.3, -0.25) is 4.55 Å². The molecule has 4 heteroatoms. The van der Waals surface area contributed by atoms with Crippen LogP contribution in [-0.2, 0) is 10.1 Å². The van der Waals surface area contributed by atoms with E-state index in [1.165, 1.54) is 0 Å². The number of rotatable bonds is 6. The Morgan fingerprint density at radius 1 is 1.47 bits per heavy atom. The standard InChI is InChI=1S/C11H20O3S/c1-2-3-4-9-11(15(12,13)14)10-7-5-6-8-10/h7,11H,2-6,8-9H2,1H3,(H,12,13,14). The second-order valence-electron chi connectivity index (χ2n) is 4.17. The molecule has 0 saturated heterocycles. The van der Waals surface area contributed by atoms with Gasteiger partial charge in [-0.25, -0.2) is 0 Å². The van der Waals surface area contributed by atoms with Gasteiger partial charge in [-0.15, -0.1) is 0 Å². The summed E-state index contributed by atoms with van der Waals surface area (Å²) in [5.74, 6) is 0. The molecule has 0 fully saturated rings. The fourth-order valence-corrected chi connectivity index (χ4v) is 3.15. The van der Waals surface area contributed by atoms with Crippen molar-refractivity contribution in [3.05, 3.63) is 11.6 Å². The minimum Gasteiger partial charge on any atom is -0.285 e. The summed E-state index contributed by atoms with van der Waals surface area (Å²) in [7, 11) is -3.90. The zero-order valence-corrected chi connectivity index (χ0v) is 10.1. The third-order valence-electron chi connectivity index (χ3n) is 2.92. The first kappa shape index (κ1) is 12.7. The molecule has 0 saturated carbocycles. The van der Waals surface area contributed by atoms with Gasteiger partial charge >= 0.3 is 0 Å². The summed E-state index contributed by atoms with van der Waals surface area (Å²) in [5.41, 5.74) is 0.925. The van der Waals surface area contributed by atoms with Crippen molar-refractivity contribution in [1.82, 2.24) is 0 Å². The molecule has 0 bridgehead atoms. The van der Waals surface area contributed by atoms with E-state index in [2.05, 4.69) is 6.92 Å². The van der Waals surface area contributed by atoms with E-state index in [4.69, 9.17) is 4.55 Å². The molecule has 0 spiro atoms. The summed E-state index contributed by atoms with van der Waals surface area (Å²) < 4.78 is 31.6. The fraction of sp³-hybridized carbons (Fsp3) is 0.818. The highest BCUT2D eigenvalue weighted by atomic mass is 32.2. The molecule has 3 nitrogen and oxygen atoms in total. The van der Waals surface area contributed by atoms with Crippen LogP contribution in [0, 0.1) is 0 Å². The van der Waals surface area contributed by atoms with Crippen molar-refractivity contribution in [3.8, 4) is 0 Å². The van der Waals surface area contributed by atoms with Crippen LogP contribution >= 0.6 is 0 Å². The molecule has 1 aliphatic carbocycles. The number of hydrogen-bond acceptors (Lipinski definition) is 2. The van der Waals surface area contributed by atoms with E-state index in [0.29, 0.717) is 6.42 Å². The Hall–Kier alpha value is -0.350. The second-order valence-corrected chi connectivity index (χ2v) is 5.77. The smallest absolute Gasteiger partial charge is 0.271 e. The zero-order chi connectivity index (χ0) is 11.3. The lowest BCUT2D eigenvalue weighted by molar-refractivity contribution is 0.465. The van der Waals surface area contributed by atoms with Crippen molar-refractivity contribution in [1.29, 1.82) is 0 Å². The van der Waals surface area contributed by atoms with Crippen LogP contribution in [0.3, 0.4) is 0 Å². The number of hydrogen-bond donors (Lipinski definition) is 1. The largest absolute Gasteiger partial charge is 0.285 e. The fourth-order valence-electron chi connectivity index (χ4n) is 2.09. The molecule has 0 radical (unpaired) electrons. The highest BCUT2D eigenvalue weighted by molar-refractivity contribution is 7.86. The summed E-state index contributed by atoms with van der Waals surface area (Å²) in [6.45, 7) is 2.08. The van der Waals surface area contributed by atoms with Gasteiger partial charge in [0.15, 0.2) is 0 Å². The predicted molar refractivity (Wildman–Crippen MR) is 61.4 cm³/mol. The van der Waals surface area contributed by atoms with Crippen LogP contribution < -0.4 is 0 Å². The second kappa shape index (κ2) is 5.66. The summed E-state index contributed by atoms with van der Waals surface area (Å²) in [6.07, 6.45) is 8.32. The lowest BCUT2D eigenvalue weighted by Gasteiger charge is -2.14. The number of unbranched alkanes of at least 4 members (excludes halogenated alkanes) is 2. The maximum atomic E-state index is 11.2. The van der Waals surface area contributed by atoms with Crippen LogP contribution in [0.5, 0.6) is 0 Å². The van der Waals surface area contributed by atoms with Crippen molar-refractivity contribution >= 4 is 10.1 Å². The van der Waals surface area contributed by atoms with Gasteiger partial charge in [-0.2, -0.15) is 8.42 Å². The van der Waals surface area contributed by atoms with Crippen molar-refractivity contribution in [2.45, 2.75) is 57.1 Å². The maximum Gasteiger partial charge on any atom is 0.271 e. The molecule has 0 aromatic heterocycles. The van der Waals surface area contributed by atoms with Crippen LogP contribution in [0.2, 0.25) is 0 Å². The maximum absolute atomic E-state index is 11.2. The molecule has 0 aromatic carbocycles. The average Bonchev–Trinajstić information content (AvgIpc) is 2.63. The Morgan fingerprint density at radius 2 is 2.20 bits per heavy atom. The van der Waals surface area contributed by atoms with E-state index in [1.807, 2.05) is 6.08 Å². The van der Waals surface area contributed by atoms with Crippen LogP contribution in [0.4, 0.5) is 0 Å². The van der Waals surface area contributed by atoms with E-state index < -0.39 is 15.4 Å². The molecule has 88 valence electrons. The molecule has 1 N–H and O–H groups in total. The normalized spacial score (nSPS) is 18.9. The van der Waals surface area contributed by atoms with Crippen LogP contribution in [0.25, 0.3) is 0 Å². The van der Waals surface area contributed by atoms with Gasteiger partial charge in [0.25, 0.3) is 10.1 Å². The monoisotopic (exact) mass is 232 g/mol. The molecule has 0 amide bonds. The Bertz CT molecular complexity index is 317. The van der Waals surface area contributed by atoms with Crippen molar-refractivity contribution in [2.75, 3.05) is 0 Å². The Labute approximate surface area is 92.3 Å². The minimum atomic E-state index is -3.90.